The number of imidazole rings is 1. The SMILES string of the molecule is Cc1cc(Cl)cc2sc(N(Cc3ccccc3)C(=O)c3nccn3C)nc12. The predicted molar refractivity (Wildman–Crippen MR) is 110 cm³/mol. The van der Waals surface area contributed by atoms with Gasteiger partial charge in [0.2, 0.25) is 0 Å². The second-order valence-electron chi connectivity index (χ2n) is 6.30. The van der Waals surface area contributed by atoms with Crippen LogP contribution >= 0.6 is 22.9 Å². The monoisotopic (exact) mass is 396 g/mol. The van der Waals surface area contributed by atoms with E-state index in [2.05, 4.69) is 4.98 Å². The number of fused-ring (bicyclic) bond motifs is 1. The topological polar surface area (TPSA) is 51.0 Å². The first-order chi connectivity index (χ1) is 13.0. The molecule has 4 aromatic rings. The highest BCUT2D eigenvalue weighted by Crippen LogP contribution is 2.34. The van der Waals surface area contributed by atoms with Crippen LogP contribution in [0.1, 0.15) is 21.7 Å². The number of thiazole rings is 1. The molecule has 0 saturated heterocycles. The molecule has 27 heavy (non-hydrogen) atoms. The van der Waals surface area contributed by atoms with Crippen LogP contribution in [0.2, 0.25) is 5.02 Å². The van der Waals surface area contributed by atoms with Crippen molar-refractivity contribution >= 4 is 44.2 Å². The fourth-order valence-corrected chi connectivity index (χ4v) is 4.36. The molecule has 0 saturated carbocycles. The minimum atomic E-state index is -0.186. The fourth-order valence-electron chi connectivity index (χ4n) is 2.94. The van der Waals surface area contributed by atoms with E-state index in [0.717, 1.165) is 21.3 Å². The average molecular weight is 397 g/mol. The summed E-state index contributed by atoms with van der Waals surface area (Å²) in [5.74, 6) is 0.189. The number of halogens is 1. The number of benzene rings is 2. The van der Waals surface area contributed by atoms with Gasteiger partial charge in [0.25, 0.3) is 5.91 Å². The summed E-state index contributed by atoms with van der Waals surface area (Å²) in [5.41, 5.74) is 2.88. The zero-order chi connectivity index (χ0) is 19.0. The number of rotatable bonds is 4. The molecular formula is C20H17ClN4OS. The molecule has 7 heteroatoms. The van der Waals surface area contributed by atoms with Crippen LogP contribution in [0.25, 0.3) is 10.2 Å². The highest BCUT2D eigenvalue weighted by atomic mass is 35.5. The van der Waals surface area contributed by atoms with Crippen LogP contribution in [-0.2, 0) is 13.6 Å². The van der Waals surface area contributed by atoms with Crippen molar-refractivity contribution in [1.82, 2.24) is 14.5 Å². The van der Waals surface area contributed by atoms with Gasteiger partial charge in [0, 0.05) is 24.5 Å². The Kier molecular flexibility index (Phi) is 4.68. The number of aryl methyl sites for hydroxylation is 2. The summed E-state index contributed by atoms with van der Waals surface area (Å²) < 4.78 is 2.68. The van der Waals surface area contributed by atoms with Crippen molar-refractivity contribution in [3.05, 3.63) is 76.8 Å². The van der Waals surface area contributed by atoms with Gasteiger partial charge in [0.15, 0.2) is 11.0 Å². The van der Waals surface area contributed by atoms with Crippen molar-refractivity contribution in [3.63, 3.8) is 0 Å². The lowest BCUT2D eigenvalue weighted by atomic mass is 10.2. The van der Waals surface area contributed by atoms with Crippen LogP contribution in [-0.4, -0.2) is 20.4 Å². The Bertz CT molecular complexity index is 1120. The number of anilines is 1. The van der Waals surface area contributed by atoms with Gasteiger partial charge in [-0.15, -0.1) is 0 Å². The summed E-state index contributed by atoms with van der Waals surface area (Å²) in [6.07, 6.45) is 3.38. The Morgan fingerprint density at radius 3 is 2.74 bits per heavy atom. The molecule has 1 amide bonds. The molecule has 2 aromatic carbocycles. The first kappa shape index (κ1) is 17.7. The first-order valence-corrected chi connectivity index (χ1v) is 9.62. The lowest BCUT2D eigenvalue weighted by Crippen LogP contribution is -2.32. The second kappa shape index (κ2) is 7.13. The summed E-state index contributed by atoms with van der Waals surface area (Å²) in [7, 11) is 1.81. The predicted octanol–water partition coefficient (Wildman–Crippen LogP) is 4.84. The molecule has 0 radical (unpaired) electrons. The minimum absolute atomic E-state index is 0.186. The van der Waals surface area contributed by atoms with Crippen LogP contribution in [0, 0.1) is 6.92 Å². The molecule has 0 aliphatic carbocycles. The highest BCUT2D eigenvalue weighted by Gasteiger charge is 2.25. The minimum Gasteiger partial charge on any atom is -0.330 e. The normalized spacial score (nSPS) is 11.1. The van der Waals surface area contributed by atoms with Gasteiger partial charge >= 0.3 is 0 Å². The molecule has 0 spiro atoms. The van der Waals surface area contributed by atoms with Gasteiger partial charge in [0.1, 0.15) is 0 Å². The van der Waals surface area contributed by atoms with Crippen LogP contribution < -0.4 is 4.90 Å². The van der Waals surface area contributed by atoms with E-state index in [4.69, 9.17) is 16.6 Å². The molecule has 0 aliphatic heterocycles. The molecule has 5 nitrogen and oxygen atoms in total. The number of hydrogen-bond donors (Lipinski definition) is 0. The second-order valence-corrected chi connectivity index (χ2v) is 7.75. The lowest BCUT2D eigenvalue weighted by molar-refractivity contribution is 0.0972. The zero-order valence-electron chi connectivity index (χ0n) is 14.9. The van der Waals surface area contributed by atoms with Crippen LogP contribution in [0.15, 0.2) is 54.9 Å². The van der Waals surface area contributed by atoms with Crippen molar-refractivity contribution in [1.29, 1.82) is 0 Å². The zero-order valence-corrected chi connectivity index (χ0v) is 16.5. The summed E-state index contributed by atoms with van der Waals surface area (Å²) in [6, 6.07) is 13.6. The standard InChI is InChI=1S/C20H17ClN4OS/c1-13-10-15(21)11-16-17(13)23-20(27-16)25(12-14-6-4-3-5-7-14)19(26)18-22-8-9-24(18)2/h3-11H,12H2,1-2H3. The van der Waals surface area contributed by atoms with Crippen molar-refractivity contribution in [3.8, 4) is 0 Å². The van der Waals surface area contributed by atoms with Gasteiger partial charge in [-0.05, 0) is 30.2 Å². The van der Waals surface area contributed by atoms with E-state index in [9.17, 15) is 4.79 Å². The average Bonchev–Trinajstić information content (AvgIpc) is 3.26. The van der Waals surface area contributed by atoms with Gasteiger partial charge in [-0.3, -0.25) is 9.69 Å². The van der Waals surface area contributed by atoms with Crippen LogP contribution in [0.4, 0.5) is 5.13 Å². The number of hydrogen-bond acceptors (Lipinski definition) is 4. The van der Waals surface area contributed by atoms with Crippen molar-refractivity contribution in [2.45, 2.75) is 13.5 Å². The molecule has 0 unspecified atom stereocenters. The summed E-state index contributed by atoms with van der Waals surface area (Å²) in [4.78, 5) is 23.9. The van der Waals surface area contributed by atoms with Gasteiger partial charge < -0.3 is 4.57 Å². The largest absolute Gasteiger partial charge is 0.330 e. The van der Waals surface area contributed by atoms with Gasteiger partial charge in [-0.25, -0.2) is 9.97 Å². The number of aromatic nitrogens is 3. The van der Waals surface area contributed by atoms with Gasteiger partial charge in [0.05, 0.1) is 16.8 Å². The van der Waals surface area contributed by atoms with Crippen LogP contribution in [0.3, 0.4) is 0 Å². The third-order valence-corrected chi connectivity index (χ3v) is 5.55. The van der Waals surface area contributed by atoms with E-state index < -0.39 is 0 Å². The molecule has 0 N–H and O–H groups in total. The summed E-state index contributed by atoms with van der Waals surface area (Å²) in [6.45, 7) is 2.39. The van der Waals surface area contributed by atoms with E-state index in [1.807, 2.05) is 56.4 Å². The maximum absolute atomic E-state index is 13.2. The lowest BCUT2D eigenvalue weighted by Gasteiger charge is -2.19. The number of amides is 1. The molecule has 2 heterocycles. The summed E-state index contributed by atoms with van der Waals surface area (Å²) >= 11 is 7.65. The van der Waals surface area contributed by atoms with Crippen LogP contribution in [0.5, 0.6) is 0 Å². The Hall–Kier alpha value is -2.70. The molecule has 136 valence electrons. The van der Waals surface area contributed by atoms with E-state index >= 15 is 0 Å². The molecule has 2 aromatic heterocycles. The number of carbonyl (C=O) groups excluding carboxylic acids is 1. The maximum Gasteiger partial charge on any atom is 0.296 e. The molecule has 4 rings (SSSR count). The Labute approximate surface area is 165 Å². The highest BCUT2D eigenvalue weighted by molar-refractivity contribution is 7.22. The fraction of sp³-hybridized carbons (Fsp3) is 0.150. The van der Waals surface area contributed by atoms with Crippen molar-refractivity contribution in [2.75, 3.05) is 4.90 Å². The molecular weight excluding hydrogens is 380 g/mol. The van der Waals surface area contributed by atoms with Gasteiger partial charge in [-0.2, -0.15) is 0 Å². The van der Waals surface area contributed by atoms with Crippen molar-refractivity contribution in [2.24, 2.45) is 7.05 Å². The molecule has 0 fully saturated rings. The Morgan fingerprint density at radius 1 is 1.26 bits per heavy atom. The maximum atomic E-state index is 13.2. The molecule has 0 atom stereocenters. The third kappa shape index (κ3) is 3.46. The third-order valence-electron chi connectivity index (χ3n) is 4.31. The summed E-state index contributed by atoms with van der Waals surface area (Å²) in [5, 5.41) is 1.30. The van der Waals surface area contributed by atoms with E-state index in [1.165, 1.54) is 11.3 Å². The Balaban J connectivity index is 1.81. The molecule has 0 aliphatic rings. The van der Waals surface area contributed by atoms with E-state index in [-0.39, 0.29) is 5.91 Å². The first-order valence-electron chi connectivity index (χ1n) is 8.43. The van der Waals surface area contributed by atoms with Crippen molar-refractivity contribution < 1.29 is 4.79 Å². The Morgan fingerprint density at radius 2 is 2.04 bits per heavy atom. The molecule has 0 bridgehead atoms. The smallest absolute Gasteiger partial charge is 0.296 e. The number of nitrogens with zero attached hydrogens (tertiary/aromatic N) is 4. The van der Waals surface area contributed by atoms with Gasteiger partial charge in [-0.1, -0.05) is 53.3 Å². The van der Waals surface area contributed by atoms with E-state index in [1.54, 1.807) is 21.9 Å². The quantitative estimate of drug-likeness (QED) is 0.496. The number of carbonyl (C=O) groups is 1. The van der Waals surface area contributed by atoms with E-state index in [0.29, 0.717) is 22.5 Å².